The number of hydrogen-bond donors (Lipinski definition) is 1. The number of alkyl halides is 3. The van der Waals surface area contributed by atoms with Crippen molar-refractivity contribution in [1.82, 2.24) is 14.6 Å². The van der Waals surface area contributed by atoms with Crippen molar-refractivity contribution >= 4 is 10.0 Å². The zero-order valence-corrected chi connectivity index (χ0v) is 15.5. The van der Waals surface area contributed by atoms with Crippen molar-refractivity contribution in [3.05, 3.63) is 53.9 Å². The molecule has 0 bridgehead atoms. The van der Waals surface area contributed by atoms with Crippen molar-refractivity contribution in [2.45, 2.75) is 23.7 Å². The largest absolute Gasteiger partial charge is 0.573 e. The fraction of sp³-hybridized carbons (Fsp3) is 0.389. The Kier molecular flexibility index (Phi) is 4.80. The third kappa shape index (κ3) is 3.71. The van der Waals surface area contributed by atoms with Crippen LogP contribution in [0.25, 0.3) is 0 Å². The third-order valence-electron chi connectivity index (χ3n) is 5.08. The molecule has 1 saturated heterocycles. The Hall–Kier alpha value is -2.17. The van der Waals surface area contributed by atoms with E-state index in [4.69, 9.17) is 0 Å². The first-order chi connectivity index (χ1) is 13.2. The van der Waals surface area contributed by atoms with Crippen molar-refractivity contribution in [3.8, 4) is 5.75 Å². The molecule has 2 aliphatic rings. The zero-order chi connectivity index (χ0) is 19.9. The Labute approximate surface area is 160 Å². The third-order valence-corrected chi connectivity index (χ3v) is 6.89. The summed E-state index contributed by atoms with van der Waals surface area (Å²) in [6, 6.07) is 8.09. The quantitative estimate of drug-likeness (QED) is 0.837. The zero-order valence-electron chi connectivity index (χ0n) is 14.7. The number of hydrogen-bond acceptors (Lipinski definition) is 5. The van der Waals surface area contributed by atoms with Crippen molar-refractivity contribution in [1.29, 1.82) is 0 Å². The Bertz CT molecular complexity index is 981. The normalized spacial score (nSPS) is 23.0. The molecule has 2 aliphatic heterocycles. The molecule has 28 heavy (non-hydrogen) atoms. The molecule has 0 spiro atoms. The Morgan fingerprint density at radius 1 is 1.18 bits per heavy atom. The Morgan fingerprint density at radius 2 is 2.00 bits per heavy atom. The SMILES string of the molecule is O=S(=O)(c1cccc(OC(F)(F)F)c1)N1Cc2cccnc2[C@@H]2CNCC2C1. The van der Waals surface area contributed by atoms with Crippen LogP contribution in [-0.2, 0) is 16.6 Å². The summed E-state index contributed by atoms with van der Waals surface area (Å²) in [5.74, 6) is -0.414. The van der Waals surface area contributed by atoms with Gasteiger partial charge >= 0.3 is 6.36 Å². The van der Waals surface area contributed by atoms with Gasteiger partial charge in [0.05, 0.1) is 4.90 Å². The number of benzene rings is 1. The van der Waals surface area contributed by atoms with Crippen LogP contribution in [-0.4, -0.2) is 43.7 Å². The van der Waals surface area contributed by atoms with Crippen LogP contribution in [0.1, 0.15) is 17.2 Å². The van der Waals surface area contributed by atoms with Gasteiger partial charge < -0.3 is 10.1 Å². The summed E-state index contributed by atoms with van der Waals surface area (Å²) in [5, 5.41) is 3.27. The number of pyridine rings is 1. The van der Waals surface area contributed by atoms with Crippen molar-refractivity contribution in [3.63, 3.8) is 0 Å². The minimum Gasteiger partial charge on any atom is -0.406 e. The van der Waals surface area contributed by atoms with Gasteiger partial charge in [0.2, 0.25) is 10.0 Å². The molecule has 3 heterocycles. The van der Waals surface area contributed by atoms with E-state index in [-0.39, 0.29) is 29.8 Å². The van der Waals surface area contributed by atoms with Gasteiger partial charge in [0.1, 0.15) is 5.75 Å². The molecule has 6 nitrogen and oxygen atoms in total. The van der Waals surface area contributed by atoms with Crippen molar-refractivity contribution < 1.29 is 26.3 Å². The summed E-state index contributed by atoms with van der Waals surface area (Å²) in [6.45, 7) is 1.77. The second-order valence-electron chi connectivity index (χ2n) is 6.89. The molecule has 0 radical (unpaired) electrons. The van der Waals surface area contributed by atoms with Gasteiger partial charge in [-0.2, -0.15) is 4.31 Å². The average molecular weight is 413 g/mol. The van der Waals surface area contributed by atoms with Crippen LogP contribution in [0, 0.1) is 5.92 Å². The maximum Gasteiger partial charge on any atom is 0.573 e. The Morgan fingerprint density at radius 3 is 2.79 bits per heavy atom. The maximum absolute atomic E-state index is 13.2. The molecular formula is C18H18F3N3O3S. The lowest BCUT2D eigenvalue weighted by molar-refractivity contribution is -0.274. The van der Waals surface area contributed by atoms with E-state index in [0.29, 0.717) is 6.54 Å². The van der Waals surface area contributed by atoms with Crippen molar-refractivity contribution in [2.24, 2.45) is 5.92 Å². The molecule has 2 atom stereocenters. The van der Waals surface area contributed by atoms with Crippen LogP contribution in [0.2, 0.25) is 0 Å². The van der Waals surface area contributed by atoms with Crippen molar-refractivity contribution in [2.75, 3.05) is 19.6 Å². The summed E-state index contributed by atoms with van der Waals surface area (Å²) in [4.78, 5) is 4.23. The highest BCUT2D eigenvalue weighted by Gasteiger charge is 2.39. The van der Waals surface area contributed by atoms with Crippen LogP contribution in [0.4, 0.5) is 13.2 Å². The van der Waals surface area contributed by atoms with Crippen LogP contribution in [0.15, 0.2) is 47.5 Å². The van der Waals surface area contributed by atoms with Crippen LogP contribution >= 0.6 is 0 Å². The molecule has 1 N–H and O–H groups in total. The predicted octanol–water partition coefficient (Wildman–Crippen LogP) is 2.49. The molecule has 0 amide bonds. The molecule has 0 saturated carbocycles. The van der Waals surface area contributed by atoms with Gasteiger partial charge in [-0.3, -0.25) is 4.98 Å². The fourth-order valence-corrected chi connectivity index (χ4v) is 5.35. The monoisotopic (exact) mass is 413 g/mol. The van der Waals surface area contributed by atoms with Gasteiger partial charge in [0.25, 0.3) is 0 Å². The van der Waals surface area contributed by atoms with Gasteiger partial charge in [-0.1, -0.05) is 12.1 Å². The van der Waals surface area contributed by atoms with Gasteiger partial charge in [0, 0.05) is 43.5 Å². The first-order valence-electron chi connectivity index (χ1n) is 8.74. The standard InChI is InChI=1S/C18H18F3N3O3S/c19-18(20,21)27-14-4-1-5-15(7-14)28(25,26)24-10-12-3-2-6-23-17(12)16-9-22-8-13(16)11-24/h1-7,13,16,22H,8-11H2/t13?,16-/m1/s1. The second kappa shape index (κ2) is 7.02. The highest BCUT2D eigenvalue weighted by atomic mass is 32.2. The lowest BCUT2D eigenvalue weighted by Gasteiger charge is -2.23. The topological polar surface area (TPSA) is 71.5 Å². The number of halogens is 3. The molecule has 150 valence electrons. The molecule has 1 unspecified atom stereocenters. The minimum atomic E-state index is -4.89. The number of ether oxygens (including phenoxy) is 1. The molecule has 0 aliphatic carbocycles. The van der Waals surface area contributed by atoms with E-state index in [1.165, 1.54) is 16.4 Å². The average Bonchev–Trinajstić information content (AvgIpc) is 3.02. The van der Waals surface area contributed by atoms with Gasteiger partial charge in [-0.25, -0.2) is 8.42 Å². The maximum atomic E-state index is 13.2. The fourth-order valence-electron chi connectivity index (χ4n) is 3.84. The molecule has 10 heteroatoms. The summed E-state index contributed by atoms with van der Waals surface area (Å²) in [7, 11) is -4.01. The molecular weight excluding hydrogens is 395 g/mol. The molecule has 4 rings (SSSR count). The van der Waals surface area contributed by atoms with Crippen LogP contribution in [0.5, 0.6) is 5.75 Å². The molecule has 1 fully saturated rings. The van der Waals surface area contributed by atoms with E-state index in [9.17, 15) is 21.6 Å². The number of nitrogens with zero attached hydrogens (tertiary/aromatic N) is 2. The number of rotatable bonds is 3. The first kappa shape index (κ1) is 19.2. The predicted molar refractivity (Wildman–Crippen MR) is 94.1 cm³/mol. The molecule has 1 aromatic carbocycles. The van der Waals surface area contributed by atoms with Gasteiger partial charge in [-0.05, 0) is 36.2 Å². The van der Waals surface area contributed by atoms with Crippen LogP contribution in [0.3, 0.4) is 0 Å². The second-order valence-corrected chi connectivity index (χ2v) is 8.83. The summed E-state index contributed by atoms with van der Waals surface area (Å²) in [6.07, 6.45) is -3.20. The van der Waals surface area contributed by atoms with Crippen LogP contribution < -0.4 is 10.1 Å². The van der Waals surface area contributed by atoms with E-state index in [1.54, 1.807) is 12.3 Å². The van der Waals surface area contributed by atoms with E-state index in [0.717, 1.165) is 29.9 Å². The number of nitrogens with one attached hydrogen (secondary N) is 1. The smallest absolute Gasteiger partial charge is 0.406 e. The van der Waals surface area contributed by atoms with E-state index in [2.05, 4.69) is 15.0 Å². The number of aromatic nitrogens is 1. The summed E-state index contributed by atoms with van der Waals surface area (Å²) < 4.78 is 69.1. The lowest BCUT2D eigenvalue weighted by Crippen LogP contribution is -2.35. The number of fused-ring (bicyclic) bond motifs is 3. The minimum absolute atomic E-state index is 0.0422. The molecule has 2 aromatic rings. The van der Waals surface area contributed by atoms with Gasteiger partial charge in [-0.15, -0.1) is 13.2 Å². The molecule has 1 aromatic heterocycles. The highest BCUT2D eigenvalue weighted by Crippen LogP contribution is 2.36. The summed E-state index contributed by atoms with van der Waals surface area (Å²) in [5.41, 5.74) is 1.69. The number of sulfonamides is 1. The highest BCUT2D eigenvalue weighted by molar-refractivity contribution is 7.89. The summed E-state index contributed by atoms with van der Waals surface area (Å²) >= 11 is 0. The Balaban J connectivity index is 1.69. The van der Waals surface area contributed by atoms with E-state index < -0.39 is 22.1 Å². The lowest BCUT2D eigenvalue weighted by atomic mass is 9.91. The van der Waals surface area contributed by atoms with Gasteiger partial charge in [0.15, 0.2) is 0 Å². The van der Waals surface area contributed by atoms with E-state index in [1.807, 2.05) is 6.07 Å². The van der Waals surface area contributed by atoms with E-state index >= 15 is 0 Å². The first-order valence-corrected chi connectivity index (χ1v) is 10.2.